The topological polar surface area (TPSA) is 42.4 Å². The first-order valence-electron chi connectivity index (χ1n) is 5.54. The number of ether oxygens (including phenoxy) is 1. The number of aryl methyl sites for hydroxylation is 1. The third-order valence-electron chi connectivity index (χ3n) is 2.49. The standard InChI is InChI=1S/C14H15NO2/c1-10-5-7-12(8-6-10)17-14-13(11(2)16)4-3-9-15-14/h3-9,11,16H,1-2H3/t11-/m1/s1. The van der Waals surface area contributed by atoms with Crippen LogP contribution in [0.25, 0.3) is 0 Å². The van der Waals surface area contributed by atoms with E-state index in [4.69, 9.17) is 4.74 Å². The van der Waals surface area contributed by atoms with Gasteiger partial charge >= 0.3 is 0 Å². The molecule has 0 spiro atoms. The van der Waals surface area contributed by atoms with Gasteiger partial charge in [-0.25, -0.2) is 4.98 Å². The number of nitrogens with zero attached hydrogens (tertiary/aromatic N) is 1. The minimum Gasteiger partial charge on any atom is -0.439 e. The summed E-state index contributed by atoms with van der Waals surface area (Å²) in [6, 6.07) is 11.3. The molecule has 0 saturated heterocycles. The van der Waals surface area contributed by atoms with Crippen LogP contribution in [0, 0.1) is 6.92 Å². The summed E-state index contributed by atoms with van der Waals surface area (Å²) in [7, 11) is 0. The van der Waals surface area contributed by atoms with Crippen molar-refractivity contribution in [3.63, 3.8) is 0 Å². The summed E-state index contributed by atoms with van der Waals surface area (Å²) in [5.74, 6) is 1.17. The van der Waals surface area contributed by atoms with E-state index in [1.807, 2.05) is 31.2 Å². The van der Waals surface area contributed by atoms with Gasteiger partial charge in [-0.15, -0.1) is 0 Å². The molecule has 0 radical (unpaired) electrons. The fraction of sp³-hybridized carbons (Fsp3) is 0.214. The van der Waals surface area contributed by atoms with Crippen molar-refractivity contribution in [1.82, 2.24) is 4.98 Å². The van der Waals surface area contributed by atoms with Crippen molar-refractivity contribution in [1.29, 1.82) is 0 Å². The van der Waals surface area contributed by atoms with Crippen LogP contribution in [-0.4, -0.2) is 10.1 Å². The Labute approximate surface area is 101 Å². The van der Waals surface area contributed by atoms with E-state index in [9.17, 15) is 5.11 Å². The van der Waals surface area contributed by atoms with Crippen LogP contribution in [0.3, 0.4) is 0 Å². The zero-order valence-corrected chi connectivity index (χ0v) is 9.92. The molecule has 17 heavy (non-hydrogen) atoms. The molecule has 0 unspecified atom stereocenters. The van der Waals surface area contributed by atoms with Gasteiger partial charge in [0, 0.05) is 11.8 Å². The molecule has 1 atom stereocenters. The van der Waals surface area contributed by atoms with Gasteiger partial charge in [-0.05, 0) is 38.1 Å². The summed E-state index contributed by atoms with van der Waals surface area (Å²) in [6.07, 6.45) is 1.05. The van der Waals surface area contributed by atoms with Crippen molar-refractivity contribution in [2.24, 2.45) is 0 Å². The minimum absolute atomic E-state index is 0.450. The quantitative estimate of drug-likeness (QED) is 0.878. The Morgan fingerprint density at radius 2 is 1.88 bits per heavy atom. The van der Waals surface area contributed by atoms with Gasteiger partial charge in [0.15, 0.2) is 0 Å². The maximum absolute atomic E-state index is 9.61. The van der Waals surface area contributed by atoms with Crippen LogP contribution in [0.15, 0.2) is 42.6 Å². The second-order valence-electron chi connectivity index (χ2n) is 3.99. The maximum atomic E-state index is 9.61. The molecule has 3 nitrogen and oxygen atoms in total. The van der Waals surface area contributed by atoms with E-state index >= 15 is 0 Å². The summed E-state index contributed by atoms with van der Waals surface area (Å²) < 4.78 is 5.65. The zero-order chi connectivity index (χ0) is 12.3. The van der Waals surface area contributed by atoms with Gasteiger partial charge in [-0.1, -0.05) is 17.7 Å². The number of pyridine rings is 1. The molecule has 0 aliphatic carbocycles. The van der Waals surface area contributed by atoms with Crippen LogP contribution >= 0.6 is 0 Å². The Morgan fingerprint density at radius 3 is 2.53 bits per heavy atom. The van der Waals surface area contributed by atoms with Crippen LogP contribution in [0.2, 0.25) is 0 Å². The SMILES string of the molecule is Cc1ccc(Oc2ncccc2[C@@H](C)O)cc1. The molecule has 0 fully saturated rings. The first kappa shape index (κ1) is 11.6. The van der Waals surface area contributed by atoms with Gasteiger partial charge in [0.1, 0.15) is 5.75 Å². The Bertz CT molecular complexity index is 492. The van der Waals surface area contributed by atoms with Crippen LogP contribution in [-0.2, 0) is 0 Å². The highest BCUT2D eigenvalue weighted by Gasteiger charge is 2.10. The smallest absolute Gasteiger partial charge is 0.225 e. The zero-order valence-electron chi connectivity index (χ0n) is 9.92. The fourth-order valence-electron chi connectivity index (χ4n) is 1.52. The second kappa shape index (κ2) is 4.97. The first-order valence-corrected chi connectivity index (χ1v) is 5.54. The van der Waals surface area contributed by atoms with Gasteiger partial charge in [0.05, 0.1) is 6.10 Å². The highest BCUT2D eigenvalue weighted by Crippen LogP contribution is 2.27. The average molecular weight is 229 g/mol. The minimum atomic E-state index is -0.593. The molecular formula is C14H15NO2. The van der Waals surface area contributed by atoms with E-state index in [1.165, 1.54) is 5.56 Å². The molecule has 1 N–H and O–H groups in total. The monoisotopic (exact) mass is 229 g/mol. The molecule has 0 bridgehead atoms. The van der Waals surface area contributed by atoms with E-state index in [2.05, 4.69) is 4.98 Å². The van der Waals surface area contributed by atoms with Crippen LogP contribution < -0.4 is 4.74 Å². The lowest BCUT2D eigenvalue weighted by Crippen LogP contribution is -1.97. The van der Waals surface area contributed by atoms with E-state index in [0.717, 1.165) is 5.75 Å². The van der Waals surface area contributed by atoms with Gasteiger partial charge in [-0.2, -0.15) is 0 Å². The third kappa shape index (κ3) is 2.82. The number of hydrogen-bond donors (Lipinski definition) is 1. The Kier molecular flexibility index (Phi) is 3.40. The Balaban J connectivity index is 2.26. The molecule has 88 valence electrons. The molecule has 3 heteroatoms. The van der Waals surface area contributed by atoms with Crippen molar-refractivity contribution in [3.05, 3.63) is 53.7 Å². The number of aliphatic hydroxyl groups is 1. The van der Waals surface area contributed by atoms with Crippen LogP contribution in [0.5, 0.6) is 11.6 Å². The lowest BCUT2D eigenvalue weighted by molar-refractivity contribution is 0.194. The van der Waals surface area contributed by atoms with Gasteiger partial charge in [0.25, 0.3) is 0 Å². The molecule has 1 aromatic carbocycles. The van der Waals surface area contributed by atoms with Crippen molar-refractivity contribution < 1.29 is 9.84 Å². The number of aliphatic hydroxyl groups excluding tert-OH is 1. The number of aromatic nitrogens is 1. The highest BCUT2D eigenvalue weighted by molar-refractivity contribution is 5.34. The number of rotatable bonds is 3. The number of benzene rings is 1. The summed E-state index contributed by atoms with van der Waals surface area (Å²) >= 11 is 0. The molecular weight excluding hydrogens is 214 g/mol. The Morgan fingerprint density at radius 1 is 1.18 bits per heavy atom. The van der Waals surface area contributed by atoms with Crippen LogP contribution in [0.4, 0.5) is 0 Å². The largest absolute Gasteiger partial charge is 0.439 e. The Hall–Kier alpha value is -1.87. The molecule has 2 rings (SSSR count). The van der Waals surface area contributed by atoms with Crippen molar-refractivity contribution >= 4 is 0 Å². The lowest BCUT2D eigenvalue weighted by atomic mass is 10.2. The summed E-state index contributed by atoms with van der Waals surface area (Å²) in [5.41, 5.74) is 1.86. The predicted molar refractivity (Wildman–Crippen MR) is 66.1 cm³/mol. The lowest BCUT2D eigenvalue weighted by Gasteiger charge is -2.11. The second-order valence-corrected chi connectivity index (χ2v) is 3.99. The van der Waals surface area contributed by atoms with E-state index < -0.39 is 6.10 Å². The number of hydrogen-bond acceptors (Lipinski definition) is 3. The van der Waals surface area contributed by atoms with Crippen molar-refractivity contribution in [3.8, 4) is 11.6 Å². The summed E-state index contributed by atoms with van der Waals surface area (Å²) in [4.78, 5) is 4.14. The molecule has 0 aliphatic heterocycles. The first-order chi connectivity index (χ1) is 8.16. The van der Waals surface area contributed by atoms with Gasteiger partial charge in [0.2, 0.25) is 5.88 Å². The average Bonchev–Trinajstić information content (AvgIpc) is 2.32. The van der Waals surface area contributed by atoms with Crippen molar-refractivity contribution in [2.45, 2.75) is 20.0 Å². The molecule has 0 aliphatic rings. The highest BCUT2D eigenvalue weighted by atomic mass is 16.5. The predicted octanol–water partition coefficient (Wildman–Crippen LogP) is 3.24. The normalized spacial score (nSPS) is 12.2. The van der Waals surface area contributed by atoms with Gasteiger partial charge in [-0.3, -0.25) is 0 Å². The van der Waals surface area contributed by atoms with E-state index in [1.54, 1.807) is 25.3 Å². The van der Waals surface area contributed by atoms with Gasteiger partial charge < -0.3 is 9.84 Å². The summed E-state index contributed by atoms with van der Waals surface area (Å²) in [5, 5.41) is 9.61. The van der Waals surface area contributed by atoms with E-state index in [0.29, 0.717) is 11.4 Å². The molecule has 0 saturated carbocycles. The molecule has 1 heterocycles. The molecule has 0 amide bonds. The maximum Gasteiger partial charge on any atom is 0.225 e. The van der Waals surface area contributed by atoms with Crippen LogP contribution in [0.1, 0.15) is 24.2 Å². The third-order valence-corrected chi connectivity index (χ3v) is 2.49. The van der Waals surface area contributed by atoms with Crippen molar-refractivity contribution in [2.75, 3.05) is 0 Å². The molecule has 1 aromatic heterocycles. The molecule has 2 aromatic rings. The van der Waals surface area contributed by atoms with E-state index in [-0.39, 0.29) is 0 Å². The summed E-state index contributed by atoms with van der Waals surface area (Å²) in [6.45, 7) is 3.71. The fourth-order valence-corrected chi connectivity index (χ4v) is 1.52.